The van der Waals surface area contributed by atoms with Crippen molar-refractivity contribution in [2.75, 3.05) is 11.9 Å². The summed E-state index contributed by atoms with van der Waals surface area (Å²) >= 11 is 0. The Hall–Kier alpha value is -2.36. The number of anilines is 1. The van der Waals surface area contributed by atoms with Crippen LogP contribution < -0.4 is 5.32 Å². The predicted molar refractivity (Wildman–Crippen MR) is 93.3 cm³/mol. The summed E-state index contributed by atoms with van der Waals surface area (Å²) in [4.78, 5) is 24.2. The lowest BCUT2D eigenvalue weighted by molar-refractivity contribution is -0.144. The molecule has 4 rings (SSSR count). The van der Waals surface area contributed by atoms with Gasteiger partial charge in [-0.1, -0.05) is 30.3 Å². The second kappa shape index (κ2) is 5.93. The third-order valence-electron chi connectivity index (χ3n) is 5.64. The number of hydrogen-bond donors (Lipinski definition) is 2. The van der Waals surface area contributed by atoms with Gasteiger partial charge in [-0.25, -0.2) is 0 Å². The Morgan fingerprint density at radius 2 is 1.67 bits per heavy atom. The molecule has 1 heterocycles. The summed E-state index contributed by atoms with van der Waals surface area (Å²) in [7, 11) is 0. The average molecular weight is 323 g/mol. The van der Waals surface area contributed by atoms with Gasteiger partial charge in [0.05, 0.1) is 11.8 Å². The number of aliphatic carboxylic acids is 1. The Kier molecular flexibility index (Phi) is 3.75. The fraction of sp³-hybridized carbons (Fsp3) is 0.400. The minimum absolute atomic E-state index is 0.00248. The van der Waals surface area contributed by atoms with Gasteiger partial charge in [-0.15, -0.1) is 0 Å². The molecule has 1 saturated carbocycles. The number of fused-ring (bicyclic) bond motifs is 3. The van der Waals surface area contributed by atoms with Gasteiger partial charge in [0, 0.05) is 18.2 Å². The van der Waals surface area contributed by atoms with Crippen LogP contribution in [0, 0.1) is 11.8 Å². The van der Waals surface area contributed by atoms with Crippen LogP contribution in [0.4, 0.5) is 5.69 Å². The van der Waals surface area contributed by atoms with Gasteiger partial charge in [0.25, 0.3) is 0 Å². The first-order valence-corrected chi connectivity index (χ1v) is 8.67. The van der Waals surface area contributed by atoms with Gasteiger partial charge in [-0.2, -0.15) is 0 Å². The van der Waals surface area contributed by atoms with Crippen LogP contribution in [0.15, 0.2) is 36.4 Å². The summed E-state index contributed by atoms with van der Waals surface area (Å²) in [6.45, 7) is 0.654. The largest absolute Gasteiger partial charge is 0.481 e. The molecule has 1 aliphatic carbocycles. The van der Waals surface area contributed by atoms with Crippen molar-refractivity contribution < 1.29 is 14.7 Å². The maximum absolute atomic E-state index is 13.1. The molecule has 0 radical (unpaired) electrons. The first-order chi connectivity index (χ1) is 11.6. The summed E-state index contributed by atoms with van der Waals surface area (Å²) in [6, 6.07) is 12.3. The average Bonchev–Trinajstić information content (AvgIpc) is 3.05. The van der Waals surface area contributed by atoms with E-state index in [-0.39, 0.29) is 23.5 Å². The van der Waals surface area contributed by atoms with Gasteiger partial charge in [-0.3, -0.25) is 9.59 Å². The van der Waals surface area contributed by atoms with Gasteiger partial charge < -0.3 is 10.4 Å². The fourth-order valence-corrected chi connectivity index (χ4v) is 4.29. The summed E-state index contributed by atoms with van der Waals surface area (Å²) in [5.74, 6) is -0.833. The molecule has 2 aliphatic rings. The highest BCUT2D eigenvalue weighted by Gasteiger charge is 2.37. The Labute approximate surface area is 140 Å². The molecular weight excluding hydrogens is 302 g/mol. The number of ketones is 1. The van der Waals surface area contributed by atoms with Crippen molar-refractivity contribution >= 4 is 28.2 Å². The lowest BCUT2D eigenvalue weighted by Crippen LogP contribution is -2.29. The van der Waals surface area contributed by atoms with E-state index >= 15 is 0 Å². The molecule has 1 unspecified atom stereocenters. The van der Waals surface area contributed by atoms with E-state index in [0.717, 1.165) is 22.0 Å². The number of carbonyl (C=O) groups is 2. The Morgan fingerprint density at radius 3 is 2.42 bits per heavy atom. The number of hydrogen-bond acceptors (Lipinski definition) is 3. The van der Waals surface area contributed by atoms with Crippen molar-refractivity contribution in [3.63, 3.8) is 0 Å². The smallest absolute Gasteiger partial charge is 0.306 e. The standard InChI is InChI=1S/C20H21NO3/c22-19(13-5-7-14(8-6-13)20(23)24)16-11-21-17-10-9-12-3-1-2-4-15(12)18(16)17/h1-4,9-10,13-14,16,21H,5-8,11H2,(H,23,24). The molecule has 24 heavy (non-hydrogen) atoms. The number of rotatable bonds is 3. The Bertz CT molecular complexity index is 806. The predicted octanol–water partition coefficient (Wildman–Crippen LogP) is 3.81. The van der Waals surface area contributed by atoms with Crippen molar-refractivity contribution in [3.8, 4) is 0 Å². The van der Waals surface area contributed by atoms with E-state index in [1.54, 1.807) is 0 Å². The van der Waals surface area contributed by atoms with Crippen molar-refractivity contribution in [3.05, 3.63) is 42.0 Å². The number of carboxylic acids is 1. The highest BCUT2D eigenvalue weighted by molar-refractivity contribution is 6.00. The lowest BCUT2D eigenvalue weighted by Gasteiger charge is -2.27. The van der Waals surface area contributed by atoms with E-state index in [1.807, 2.05) is 12.1 Å². The monoisotopic (exact) mass is 323 g/mol. The van der Waals surface area contributed by atoms with Crippen LogP contribution in [0.3, 0.4) is 0 Å². The zero-order valence-corrected chi connectivity index (χ0v) is 13.5. The summed E-state index contributed by atoms with van der Waals surface area (Å²) in [5, 5.41) is 14.8. The van der Waals surface area contributed by atoms with Crippen LogP contribution in [0.1, 0.15) is 37.2 Å². The molecule has 4 nitrogen and oxygen atoms in total. The lowest BCUT2D eigenvalue weighted by atomic mass is 9.76. The number of carboxylic acid groups (broad SMARTS) is 1. The quantitative estimate of drug-likeness (QED) is 0.901. The SMILES string of the molecule is O=C(O)C1CCC(C(=O)C2CNc3ccc4ccccc4c32)CC1. The maximum atomic E-state index is 13.1. The second-order valence-corrected chi connectivity index (χ2v) is 6.97. The third kappa shape index (κ3) is 2.46. The molecule has 4 heteroatoms. The second-order valence-electron chi connectivity index (χ2n) is 6.97. The Balaban J connectivity index is 1.60. The molecule has 2 N–H and O–H groups in total. The molecular formula is C20H21NO3. The molecule has 0 bridgehead atoms. The summed E-state index contributed by atoms with van der Waals surface area (Å²) < 4.78 is 0. The molecule has 2 aromatic rings. The van der Waals surface area contributed by atoms with Crippen LogP contribution >= 0.6 is 0 Å². The number of Topliss-reactive ketones (excluding diaryl/α,β-unsaturated/α-hetero) is 1. The molecule has 0 amide bonds. The summed E-state index contributed by atoms with van der Waals surface area (Å²) in [5.41, 5.74) is 2.18. The number of nitrogens with one attached hydrogen (secondary N) is 1. The molecule has 0 saturated heterocycles. The van der Waals surface area contributed by atoms with Gasteiger partial charge in [0.1, 0.15) is 5.78 Å². The first kappa shape index (κ1) is 15.2. The van der Waals surface area contributed by atoms with Crippen LogP contribution in [0.2, 0.25) is 0 Å². The van der Waals surface area contributed by atoms with Crippen LogP contribution in [-0.2, 0) is 9.59 Å². The van der Waals surface area contributed by atoms with E-state index in [9.17, 15) is 9.59 Å². The summed E-state index contributed by atoms with van der Waals surface area (Å²) in [6.07, 6.45) is 2.64. The van der Waals surface area contributed by atoms with E-state index in [1.165, 1.54) is 0 Å². The molecule has 1 aliphatic heterocycles. The van der Waals surface area contributed by atoms with E-state index in [4.69, 9.17) is 5.11 Å². The molecule has 124 valence electrons. The van der Waals surface area contributed by atoms with Crippen molar-refractivity contribution in [2.24, 2.45) is 11.8 Å². The molecule has 0 aromatic heterocycles. The Morgan fingerprint density at radius 1 is 0.958 bits per heavy atom. The van der Waals surface area contributed by atoms with Gasteiger partial charge in [0.2, 0.25) is 0 Å². The van der Waals surface area contributed by atoms with Gasteiger partial charge in [0.15, 0.2) is 0 Å². The molecule has 0 spiro atoms. The maximum Gasteiger partial charge on any atom is 0.306 e. The van der Waals surface area contributed by atoms with E-state index < -0.39 is 5.97 Å². The van der Waals surface area contributed by atoms with Crippen molar-refractivity contribution in [2.45, 2.75) is 31.6 Å². The molecule has 1 fully saturated rings. The first-order valence-electron chi connectivity index (χ1n) is 8.67. The van der Waals surface area contributed by atoms with Crippen LogP contribution in [-0.4, -0.2) is 23.4 Å². The highest BCUT2D eigenvalue weighted by Crippen LogP contribution is 2.41. The normalized spacial score (nSPS) is 25.9. The fourth-order valence-electron chi connectivity index (χ4n) is 4.29. The van der Waals surface area contributed by atoms with Crippen molar-refractivity contribution in [1.29, 1.82) is 0 Å². The van der Waals surface area contributed by atoms with Crippen molar-refractivity contribution in [1.82, 2.24) is 0 Å². The van der Waals surface area contributed by atoms with E-state index in [2.05, 4.69) is 29.6 Å². The van der Waals surface area contributed by atoms with E-state index in [0.29, 0.717) is 32.2 Å². The van der Waals surface area contributed by atoms with Crippen LogP contribution in [0.5, 0.6) is 0 Å². The molecule has 1 atom stereocenters. The number of benzene rings is 2. The topological polar surface area (TPSA) is 66.4 Å². The zero-order valence-electron chi connectivity index (χ0n) is 13.5. The molecule has 2 aromatic carbocycles. The number of carbonyl (C=O) groups excluding carboxylic acids is 1. The highest BCUT2D eigenvalue weighted by atomic mass is 16.4. The van der Waals surface area contributed by atoms with Gasteiger partial charge in [-0.05, 0) is 48.1 Å². The minimum Gasteiger partial charge on any atom is -0.481 e. The minimum atomic E-state index is -0.722. The van der Waals surface area contributed by atoms with Gasteiger partial charge >= 0.3 is 5.97 Å². The third-order valence-corrected chi connectivity index (χ3v) is 5.64. The van der Waals surface area contributed by atoms with Crippen LogP contribution in [0.25, 0.3) is 10.8 Å². The zero-order chi connectivity index (χ0) is 16.7.